The zero-order valence-corrected chi connectivity index (χ0v) is 30.9. The minimum atomic E-state index is -0.433. The molecule has 0 aromatic heterocycles. The fourth-order valence-corrected chi connectivity index (χ4v) is 15.3. The van der Waals surface area contributed by atoms with Gasteiger partial charge in [-0.1, -0.05) is 127 Å². The number of fused-ring (bicyclic) bond motifs is 4. The van der Waals surface area contributed by atoms with Crippen LogP contribution in [0.15, 0.2) is 150 Å². The Morgan fingerprint density at radius 1 is 0.414 bits per heavy atom. The van der Waals surface area contributed by atoms with Crippen LogP contribution in [0.2, 0.25) is 0 Å². The number of hydrogen-bond acceptors (Lipinski definition) is 0. The normalized spacial score (nSPS) is 21.0. The maximum Gasteiger partial charge on any atom is 0.0729 e. The second-order valence-electron chi connectivity index (χ2n) is 18.3. The summed E-state index contributed by atoms with van der Waals surface area (Å²) in [6, 6.07) is 49.5. The molecule has 58 heavy (non-hydrogen) atoms. The third-order valence-corrected chi connectivity index (χ3v) is 16.7. The maximum absolute atomic E-state index is 2.67. The van der Waals surface area contributed by atoms with Crippen molar-refractivity contribution in [2.24, 2.45) is 0 Å². The van der Waals surface area contributed by atoms with Crippen LogP contribution in [0.5, 0.6) is 0 Å². The summed E-state index contributed by atoms with van der Waals surface area (Å²) in [5.74, 6) is 0.155. The van der Waals surface area contributed by atoms with E-state index in [1.54, 1.807) is 54.4 Å². The lowest BCUT2D eigenvalue weighted by Gasteiger charge is -2.43. The van der Waals surface area contributed by atoms with Gasteiger partial charge in [0.05, 0.1) is 5.41 Å². The molecule has 0 saturated heterocycles. The predicted molar refractivity (Wildman–Crippen MR) is 242 cm³/mol. The van der Waals surface area contributed by atoms with Crippen molar-refractivity contribution in [2.45, 2.75) is 11.3 Å². The first-order valence-corrected chi connectivity index (χ1v) is 21.0. The molecule has 0 bridgehead atoms. The third kappa shape index (κ3) is 2.14. The van der Waals surface area contributed by atoms with Crippen LogP contribution in [0, 0.1) is 0 Å². The van der Waals surface area contributed by atoms with Gasteiger partial charge in [0.25, 0.3) is 0 Å². The van der Waals surface area contributed by atoms with E-state index in [-0.39, 0.29) is 5.92 Å². The molecule has 0 N–H and O–H groups in total. The van der Waals surface area contributed by atoms with E-state index in [4.69, 9.17) is 0 Å². The monoisotopic (exact) mass is 720 g/mol. The van der Waals surface area contributed by atoms with Crippen LogP contribution in [-0.4, -0.2) is 0 Å². The Morgan fingerprint density at radius 3 is 1.69 bits per heavy atom. The van der Waals surface area contributed by atoms with Crippen molar-refractivity contribution in [3.63, 3.8) is 0 Å². The molecule has 0 heterocycles. The van der Waals surface area contributed by atoms with E-state index in [2.05, 4.69) is 140 Å². The van der Waals surface area contributed by atoms with Crippen molar-refractivity contribution in [2.75, 3.05) is 0 Å². The summed E-state index contributed by atoms with van der Waals surface area (Å²) < 4.78 is 0. The van der Waals surface area contributed by atoms with E-state index in [9.17, 15) is 0 Å². The first-order chi connectivity index (χ1) is 28.9. The van der Waals surface area contributed by atoms with Crippen LogP contribution in [0.3, 0.4) is 0 Å². The van der Waals surface area contributed by atoms with Crippen LogP contribution in [0.4, 0.5) is 0 Å². The molecular weight excluding hydrogens is 697 g/mol. The van der Waals surface area contributed by atoms with E-state index in [0.717, 1.165) is 0 Å². The molecule has 0 aliphatic heterocycles. The van der Waals surface area contributed by atoms with Gasteiger partial charge in [-0.15, -0.1) is 0 Å². The van der Waals surface area contributed by atoms with Crippen LogP contribution in [0.25, 0.3) is 125 Å². The highest BCUT2D eigenvalue weighted by Crippen LogP contribution is 2.73. The van der Waals surface area contributed by atoms with Gasteiger partial charge in [0.1, 0.15) is 0 Å². The molecule has 256 valence electrons. The lowest BCUT2D eigenvalue weighted by Crippen LogP contribution is -2.38. The molecule has 13 aromatic carbocycles. The van der Waals surface area contributed by atoms with Crippen molar-refractivity contribution >= 4 is 125 Å². The first kappa shape index (κ1) is 26.6. The van der Waals surface area contributed by atoms with Gasteiger partial charge in [0, 0.05) is 5.92 Å². The Morgan fingerprint density at radius 2 is 0.983 bits per heavy atom. The number of hydrogen-bond donors (Lipinski definition) is 0. The minimum Gasteiger partial charge on any atom is -0.0622 e. The molecule has 13 aromatic rings. The molecule has 0 amide bonds. The SMILES string of the molecule is C1=C(c2ccccc2)C2=C3C4=c5c6c7c8c(ccc9c%10ccc%11c%12ccc%13c%14c(c%15c5c5c6c(c89)c%10c%11c5c%12c%13%15)C4C2=C(c2ccccc2)C=%14)=C1C37c1ccccc1. The molecular formula is C58H24. The smallest absolute Gasteiger partial charge is 0.0622 e. The van der Waals surface area contributed by atoms with Gasteiger partial charge in [0.15, 0.2) is 0 Å². The molecule has 6 aliphatic carbocycles. The van der Waals surface area contributed by atoms with Gasteiger partial charge in [-0.3, -0.25) is 0 Å². The Balaban J connectivity index is 1.25. The van der Waals surface area contributed by atoms with Crippen molar-refractivity contribution < 1.29 is 0 Å². The summed E-state index contributed by atoms with van der Waals surface area (Å²) in [5, 5.41) is 31.5. The Labute approximate surface area is 328 Å². The van der Waals surface area contributed by atoms with Crippen molar-refractivity contribution in [1.29, 1.82) is 0 Å². The highest BCUT2D eigenvalue weighted by atomic mass is 14.6. The molecule has 2 atom stereocenters. The lowest BCUT2D eigenvalue weighted by atomic mass is 9.58. The van der Waals surface area contributed by atoms with E-state index in [1.165, 1.54) is 125 Å². The molecule has 0 spiro atoms. The minimum absolute atomic E-state index is 0.155. The van der Waals surface area contributed by atoms with E-state index < -0.39 is 5.41 Å². The van der Waals surface area contributed by atoms with Crippen molar-refractivity contribution in [3.8, 4) is 0 Å². The molecule has 6 aliphatic rings. The van der Waals surface area contributed by atoms with Gasteiger partial charge in [-0.05, 0) is 192 Å². The molecule has 2 unspecified atom stereocenters. The average Bonchev–Trinajstić information content (AvgIpc) is 4.11. The molecule has 0 heteroatoms. The first-order valence-electron chi connectivity index (χ1n) is 21.0. The van der Waals surface area contributed by atoms with Gasteiger partial charge in [-0.25, -0.2) is 0 Å². The average molecular weight is 721 g/mol. The standard InChI is InChI=1S/C58H24/c1-4-10-24(11-5-1)33-22-35-31-19-18-28-27-16-17-29-30-20-21-32-36-23-34(25-12-6-2-7-13-25)45-42(33)49-43(35)48-40(31)39(28)46-37(27)38(29)47-41(30)44(32)56-55-52(47)50(46)51(48)53(55)54(49)57(45)58(36,56)26-14-8-3-9-15-26/h1-23,49H. The highest BCUT2D eigenvalue weighted by Gasteiger charge is 2.60. The summed E-state index contributed by atoms with van der Waals surface area (Å²) in [6.45, 7) is 0. The second kappa shape index (κ2) is 7.71. The summed E-state index contributed by atoms with van der Waals surface area (Å²) in [5.41, 5.74) is 17.1. The fourth-order valence-electron chi connectivity index (χ4n) is 15.3. The Hall–Kier alpha value is -7.28. The Bertz CT molecular complexity index is 4540. The van der Waals surface area contributed by atoms with E-state index in [1.807, 2.05) is 0 Å². The molecule has 0 saturated carbocycles. The fraction of sp³-hybridized carbons (Fsp3) is 0.0345. The van der Waals surface area contributed by atoms with E-state index >= 15 is 0 Å². The largest absolute Gasteiger partial charge is 0.0729 e. The Kier molecular flexibility index (Phi) is 3.53. The van der Waals surface area contributed by atoms with Crippen LogP contribution in [-0.2, 0) is 5.41 Å². The van der Waals surface area contributed by atoms with Crippen LogP contribution in [0.1, 0.15) is 33.7 Å². The van der Waals surface area contributed by atoms with E-state index in [0.29, 0.717) is 0 Å². The number of rotatable bonds is 3. The van der Waals surface area contributed by atoms with Crippen LogP contribution >= 0.6 is 0 Å². The zero-order chi connectivity index (χ0) is 36.4. The summed E-state index contributed by atoms with van der Waals surface area (Å²) >= 11 is 0. The van der Waals surface area contributed by atoms with Gasteiger partial charge in [-0.2, -0.15) is 0 Å². The molecule has 0 fully saturated rings. The second-order valence-corrected chi connectivity index (χ2v) is 18.3. The number of benzene rings is 9. The maximum atomic E-state index is 2.67. The summed E-state index contributed by atoms with van der Waals surface area (Å²) in [4.78, 5) is 0. The summed E-state index contributed by atoms with van der Waals surface area (Å²) in [7, 11) is 0. The van der Waals surface area contributed by atoms with Gasteiger partial charge < -0.3 is 0 Å². The predicted octanol–water partition coefficient (Wildman–Crippen LogP) is 11.8. The highest BCUT2D eigenvalue weighted by molar-refractivity contribution is 6.59. The lowest BCUT2D eigenvalue weighted by molar-refractivity contribution is 0.817. The molecule has 19 rings (SSSR count). The summed E-state index contributed by atoms with van der Waals surface area (Å²) in [6.07, 6.45) is 5.31. The van der Waals surface area contributed by atoms with Gasteiger partial charge in [0.2, 0.25) is 0 Å². The van der Waals surface area contributed by atoms with Crippen LogP contribution < -0.4 is 15.7 Å². The zero-order valence-electron chi connectivity index (χ0n) is 30.9. The topological polar surface area (TPSA) is 0 Å². The quantitative estimate of drug-likeness (QED) is 0.159. The van der Waals surface area contributed by atoms with Crippen molar-refractivity contribution in [3.05, 3.63) is 194 Å². The molecule has 0 nitrogen and oxygen atoms in total. The van der Waals surface area contributed by atoms with Gasteiger partial charge >= 0.3 is 0 Å². The van der Waals surface area contributed by atoms with Crippen molar-refractivity contribution in [1.82, 2.24) is 0 Å². The number of allylic oxidation sites excluding steroid dienone is 6. The molecule has 0 radical (unpaired) electrons. The third-order valence-electron chi connectivity index (χ3n) is 16.7.